The zero-order valence-electron chi connectivity index (χ0n) is 14.2. The number of hydrogen-bond donors (Lipinski definition) is 0. The Hall–Kier alpha value is -1.10. The maximum atomic E-state index is 5.83. The highest BCUT2D eigenvalue weighted by molar-refractivity contribution is 5.27. The van der Waals surface area contributed by atoms with Crippen molar-refractivity contribution < 1.29 is 14.2 Å². The third kappa shape index (κ3) is 5.20. The number of hydrogen-bond acceptors (Lipinski definition) is 4. The largest absolute Gasteiger partial charge is 0.491 e. The number of likely N-dealkylation sites (tertiary alicyclic amines) is 1. The lowest BCUT2D eigenvalue weighted by Crippen LogP contribution is -2.36. The Balaban J connectivity index is 1.45. The van der Waals surface area contributed by atoms with Gasteiger partial charge in [-0.05, 0) is 55.8 Å². The highest BCUT2D eigenvalue weighted by atomic mass is 16.5. The molecule has 0 amide bonds. The third-order valence-corrected chi connectivity index (χ3v) is 4.79. The summed E-state index contributed by atoms with van der Waals surface area (Å²) in [6, 6.07) is 8.54. The summed E-state index contributed by atoms with van der Waals surface area (Å²) in [7, 11) is 1.80. The van der Waals surface area contributed by atoms with E-state index in [1.165, 1.54) is 24.9 Å². The Bertz CT molecular complexity index is 454. The van der Waals surface area contributed by atoms with E-state index in [1.807, 2.05) is 0 Å². The fourth-order valence-corrected chi connectivity index (χ4v) is 3.58. The van der Waals surface area contributed by atoms with Crippen molar-refractivity contribution in [3.63, 3.8) is 0 Å². The van der Waals surface area contributed by atoms with Crippen LogP contribution in [-0.4, -0.2) is 51.0 Å². The van der Waals surface area contributed by atoms with Gasteiger partial charge in [0.1, 0.15) is 12.4 Å². The molecule has 4 heteroatoms. The van der Waals surface area contributed by atoms with Gasteiger partial charge in [0.25, 0.3) is 0 Å². The first kappa shape index (κ1) is 16.7. The maximum absolute atomic E-state index is 5.83. The van der Waals surface area contributed by atoms with Crippen LogP contribution in [0.25, 0.3) is 0 Å². The Kier molecular flexibility index (Phi) is 6.31. The monoisotopic (exact) mass is 319 g/mol. The first-order valence-corrected chi connectivity index (χ1v) is 8.88. The lowest BCUT2D eigenvalue weighted by molar-refractivity contribution is 0.0679. The van der Waals surface area contributed by atoms with E-state index in [0.29, 0.717) is 12.5 Å². The minimum absolute atomic E-state index is 0.278. The number of ether oxygens (including phenoxy) is 3. The molecule has 2 heterocycles. The second-order valence-corrected chi connectivity index (χ2v) is 6.79. The summed E-state index contributed by atoms with van der Waals surface area (Å²) in [5, 5.41) is 0. The zero-order valence-corrected chi connectivity index (χ0v) is 14.2. The summed E-state index contributed by atoms with van der Waals surface area (Å²) in [6.45, 7) is 5.79. The van der Waals surface area contributed by atoms with Gasteiger partial charge in [0.05, 0.1) is 12.7 Å². The van der Waals surface area contributed by atoms with Crippen LogP contribution in [0.4, 0.5) is 0 Å². The molecule has 23 heavy (non-hydrogen) atoms. The Labute approximate surface area is 139 Å². The molecule has 4 nitrogen and oxygen atoms in total. The van der Waals surface area contributed by atoms with E-state index >= 15 is 0 Å². The van der Waals surface area contributed by atoms with Crippen molar-refractivity contribution in [1.29, 1.82) is 0 Å². The van der Waals surface area contributed by atoms with Crippen LogP contribution in [0, 0.1) is 5.92 Å². The first-order chi connectivity index (χ1) is 11.3. The zero-order chi connectivity index (χ0) is 15.9. The van der Waals surface area contributed by atoms with Crippen LogP contribution in [0.15, 0.2) is 24.3 Å². The molecule has 2 atom stereocenters. The highest BCUT2D eigenvalue weighted by Crippen LogP contribution is 2.21. The van der Waals surface area contributed by atoms with Gasteiger partial charge in [-0.1, -0.05) is 12.1 Å². The molecule has 2 aliphatic heterocycles. The fraction of sp³-hybridized carbons (Fsp3) is 0.684. The summed E-state index contributed by atoms with van der Waals surface area (Å²) < 4.78 is 16.7. The molecule has 1 aromatic rings. The fourth-order valence-electron chi connectivity index (χ4n) is 3.58. The van der Waals surface area contributed by atoms with Crippen LogP contribution >= 0.6 is 0 Å². The van der Waals surface area contributed by atoms with E-state index in [-0.39, 0.29) is 6.10 Å². The standard InChI is InChI=1S/C19H29NO3/c1-21-14-17-4-2-10-20(13-17)12-16-6-8-18(9-7-16)23-15-19-5-3-11-22-19/h6-9,17,19H,2-5,10-15H2,1H3. The van der Waals surface area contributed by atoms with Gasteiger partial charge in [-0.2, -0.15) is 0 Å². The van der Waals surface area contributed by atoms with Crippen molar-refractivity contribution >= 4 is 0 Å². The van der Waals surface area contributed by atoms with Crippen LogP contribution in [0.2, 0.25) is 0 Å². The average Bonchev–Trinajstić information content (AvgIpc) is 3.08. The van der Waals surface area contributed by atoms with Gasteiger partial charge in [-0.15, -0.1) is 0 Å². The maximum Gasteiger partial charge on any atom is 0.119 e. The van der Waals surface area contributed by atoms with Gasteiger partial charge in [0.15, 0.2) is 0 Å². The SMILES string of the molecule is COCC1CCCN(Cc2ccc(OCC3CCCO3)cc2)C1. The van der Waals surface area contributed by atoms with Crippen LogP contribution in [0.1, 0.15) is 31.2 Å². The number of nitrogens with zero attached hydrogens (tertiary/aromatic N) is 1. The molecule has 0 aromatic heterocycles. The molecule has 0 saturated carbocycles. The van der Waals surface area contributed by atoms with E-state index in [9.17, 15) is 0 Å². The van der Waals surface area contributed by atoms with Gasteiger partial charge in [0, 0.05) is 26.8 Å². The summed E-state index contributed by atoms with van der Waals surface area (Å²) in [4.78, 5) is 2.54. The summed E-state index contributed by atoms with van der Waals surface area (Å²) >= 11 is 0. The first-order valence-electron chi connectivity index (χ1n) is 8.88. The predicted molar refractivity (Wildman–Crippen MR) is 90.8 cm³/mol. The molecular formula is C19H29NO3. The topological polar surface area (TPSA) is 30.9 Å². The second kappa shape index (κ2) is 8.67. The highest BCUT2D eigenvalue weighted by Gasteiger charge is 2.20. The number of rotatable bonds is 7. The van der Waals surface area contributed by atoms with Gasteiger partial charge in [0.2, 0.25) is 0 Å². The van der Waals surface area contributed by atoms with E-state index in [1.54, 1.807) is 7.11 Å². The van der Waals surface area contributed by atoms with Gasteiger partial charge in [-0.25, -0.2) is 0 Å². The number of piperidine rings is 1. The second-order valence-electron chi connectivity index (χ2n) is 6.79. The number of benzene rings is 1. The lowest BCUT2D eigenvalue weighted by Gasteiger charge is -2.32. The predicted octanol–water partition coefficient (Wildman–Crippen LogP) is 3.10. The van der Waals surface area contributed by atoms with Crippen molar-refractivity contribution in [1.82, 2.24) is 4.90 Å². The quantitative estimate of drug-likeness (QED) is 0.773. The average molecular weight is 319 g/mol. The van der Waals surface area contributed by atoms with Crippen LogP contribution in [0.5, 0.6) is 5.75 Å². The summed E-state index contributed by atoms with van der Waals surface area (Å²) in [6.07, 6.45) is 5.13. The summed E-state index contributed by atoms with van der Waals surface area (Å²) in [5.74, 6) is 1.63. The Morgan fingerprint density at radius 3 is 2.74 bits per heavy atom. The van der Waals surface area contributed by atoms with Crippen molar-refractivity contribution in [3.8, 4) is 5.75 Å². The van der Waals surface area contributed by atoms with Crippen LogP contribution in [-0.2, 0) is 16.0 Å². The Morgan fingerprint density at radius 2 is 2.00 bits per heavy atom. The minimum Gasteiger partial charge on any atom is -0.491 e. The molecule has 0 spiro atoms. The summed E-state index contributed by atoms with van der Waals surface area (Å²) in [5.41, 5.74) is 1.35. The molecule has 0 radical (unpaired) electrons. The molecule has 2 fully saturated rings. The third-order valence-electron chi connectivity index (χ3n) is 4.79. The molecule has 2 saturated heterocycles. The number of methoxy groups -OCH3 is 1. The molecule has 0 N–H and O–H groups in total. The van der Waals surface area contributed by atoms with Gasteiger partial charge in [-0.3, -0.25) is 4.90 Å². The Morgan fingerprint density at radius 1 is 1.13 bits per heavy atom. The van der Waals surface area contributed by atoms with E-state index in [4.69, 9.17) is 14.2 Å². The molecule has 2 unspecified atom stereocenters. The van der Waals surface area contributed by atoms with Crippen molar-refractivity contribution in [2.24, 2.45) is 5.92 Å². The van der Waals surface area contributed by atoms with Gasteiger partial charge < -0.3 is 14.2 Å². The molecule has 0 bridgehead atoms. The molecule has 3 rings (SSSR count). The van der Waals surface area contributed by atoms with Crippen LogP contribution in [0.3, 0.4) is 0 Å². The normalized spacial score (nSPS) is 25.6. The van der Waals surface area contributed by atoms with Crippen molar-refractivity contribution in [2.45, 2.75) is 38.3 Å². The molecule has 128 valence electrons. The molecular weight excluding hydrogens is 290 g/mol. The molecule has 2 aliphatic rings. The van der Waals surface area contributed by atoms with Crippen LogP contribution < -0.4 is 4.74 Å². The lowest BCUT2D eigenvalue weighted by atomic mass is 9.98. The van der Waals surface area contributed by atoms with Crippen molar-refractivity contribution in [2.75, 3.05) is 40.0 Å². The smallest absolute Gasteiger partial charge is 0.119 e. The minimum atomic E-state index is 0.278. The van der Waals surface area contributed by atoms with E-state index in [2.05, 4.69) is 29.2 Å². The molecule has 1 aromatic carbocycles. The van der Waals surface area contributed by atoms with E-state index in [0.717, 1.165) is 44.9 Å². The van der Waals surface area contributed by atoms with Gasteiger partial charge >= 0.3 is 0 Å². The van der Waals surface area contributed by atoms with Crippen molar-refractivity contribution in [3.05, 3.63) is 29.8 Å². The molecule has 0 aliphatic carbocycles. The van der Waals surface area contributed by atoms with E-state index < -0.39 is 0 Å².